The second-order valence-electron chi connectivity index (χ2n) is 6.55. The van der Waals surface area contributed by atoms with Crippen molar-refractivity contribution in [2.45, 2.75) is 39.2 Å². The molecule has 1 heterocycles. The number of hydrogen-bond acceptors (Lipinski definition) is 5. The van der Waals surface area contributed by atoms with Crippen LogP contribution >= 0.6 is 27.3 Å². The van der Waals surface area contributed by atoms with Gasteiger partial charge in [0.2, 0.25) is 16.9 Å². The van der Waals surface area contributed by atoms with Crippen molar-refractivity contribution in [3.63, 3.8) is 0 Å². The molecule has 1 aromatic carbocycles. The molecule has 2 N–H and O–H groups in total. The summed E-state index contributed by atoms with van der Waals surface area (Å²) in [6.07, 6.45) is 2.62. The number of amides is 2. The van der Waals surface area contributed by atoms with Gasteiger partial charge >= 0.3 is 0 Å². The number of halogens is 1. The summed E-state index contributed by atoms with van der Waals surface area (Å²) in [5, 5.41) is 15.1. The van der Waals surface area contributed by atoms with E-state index < -0.39 is 6.04 Å². The van der Waals surface area contributed by atoms with E-state index in [4.69, 9.17) is 0 Å². The van der Waals surface area contributed by atoms with E-state index in [-0.39, 0.29) is 23.7 Å². The van der Waals surface area contributed by atoms with Crippen LogP contribution in [0.5, 0.6) is 0 Å². The largest absolute Gasteiger partial charge is 0.344 e. The Bertz CT molecular complexity index is 789. The highest BCUT2D eigenvalue weighted by Crippen LogP contribution is 2.30. The second-order valence-corrected chi connectivity index (χ2v) is 8.45. The summed E-state index contributed by atoms with van der Waals surface area (Å²) in [5.74, 6) is -0.165. The van der Waals surface area contributed by atoms with Gasteiger partial charge in [-0.25, -0.2) is 0 Å². The van der Waals surface area contributed by atoms with Crippen LogP contribution in [-0.2, 0) is 9.59 Å². The lowest BCUT2D eigenvalue weighted by molar-refractivity contribution is -0.128. The monoisotopic (exact) mass is 436 g/mol. The molecule has 8 heteroatoms. The lowest BCUT2D eigenvalue weighted by atomic mass is 9.98. The standard InChI is InChI=1S/C18H21BrN4O2S/c1-3-10(2)14(20-15(24)11-4-5-11)16(25)21-18-23-22-17(26-18)12-6-8-13(19)9-7-12/h6-11,14H,3-5H2,1-2H3,(H,20,24)(H,21,23,25). The van der Waals surface area contributed by atoms with E-state index in [0.29, 0.717) is 5.13 Å². The third-order valence-electron chi connectivity index (χ3n) is 4.49. The van der Waals surface area contributed by atoms with Gasteiger partial charge in [0.15, 0.2) is 0 Å². The van der Waals surface area contributed by atoms with Crippen LogP contribution in [0, 0.1) is 11.8 Å². The van der Waals surface area contributed by atoms with Crippen molar-refractivity contribution >= 4 is 44.2 Å². The van der Waals surface area contributed by atoms with Crippen molar-refractivity contribution in [3.05, 3.63) is 28.7 Å². The molecule has 0 radical (unpaired) electrons. The third kappa shape index (κ3) is 4.67. The molecule has 3 rings (SSSR count). The molecule has 2 unspecified atom stereocenters. The Morgan fingerprint density at radius 1 is 1.27 bits per heavy atom. The Labute approximate surface area is 164 Å². The number of benzene rings is 1. The molecule has 2 amide bonds. The van der Waals surface area contributed by atoms with Crippen LogP contribution in [0.2, 0.25) is 0 Å². The van der Waals surface area contributed by atoms with Crippen LogP contribution in [0.4, 0.5) is 5.13 Å². The number of hydrogen-bond donors (Lipinski definition) is 2. The smallest absolute Gasteiger partial charge is 0.249 e. The number of carbonyl (C=O) groups excluding carboxylic acids is 2. The molecule has 138 valence electrons. The van der Waals surface area contributed by atoms with Gasteiger partial charge in [-0.1, -0.05) is 59.7 Å². The van der Waals surface area contributed by atoms with Crippen LogP contribution in [0.15, 0.2) is 28.7 Å². The molecule has 2 atom stereocenters. The van der Waals surface area contributed by atoms with Crippen molar-refractivity contribution in [1.29, 1.82) is 0 Å². The number of nitrogens with zero attached hydrogens (tertiary/aromatic N) is 2. The summed E-state index contributed by atoms with van der Waals surface area (Å²) in [4.78, 5) is 24.8. The van der Waals surface area contributed by atoms with Crippen LogP contribution < -0.4 is 10.6 Å². The summed E-state index contributed by atoms with van der Waals surface area (Å²) in [6, 6.07) is 7.18. The van der Waals surface area contributed by atoms with E-state index >= 15 is 0 Å². The first-order chi connectivity index (χ1) is 12.5. The number of carbonyl (C=O) groups is 2. The van der Waals surface area contributed by atoms with Crippen LogP contribution in [0.1, 0.15) is 33.1 Å². The summed E-state index contributed by atoms with van der Waals surface area (Å²) >= 11 is 4.71. The van der Waals surface area contributed by atoms with Gasteiger partial charge in [0, 0.05) is 16.0 Å². The molecule has 26 heavy (non-hydrogen) atoms. The molecular weight excluding hydrogens is 416 g/mol. The average Bonchev–Trinajstić information content (AvgIpc) is 3.39. The minimum Gasteiger partial charge on any atom is -0.344 e. The van der Waals surface area contributed by atoms with Crippen LogP contribution in [-0.4, -0.2) is 28.1 Å². The molecule has 1 aliphatic rings. The van der Waals surface area contributed by atoms with Gasteiger partial charge in [-0.05, 0) is 30.9 Å². The Morgan fingerprint density at radius 2 is 1.96 bits per heavy atom. The summed E-state index contributed by atoms with van der Waals surface area (Å²) in [6.45, 7) is 3.97. The first-order valence-corrected chi connectivity index (χ1v) is 10.3. The van der Waals surface area contributed by atoms with E-state index in [1.54, 1.807) is 0 Å². The predicted octanol–water partition coefficient (Wildman–Crippen LogP) is 3.85. The molecule has 0 saturated heterocycles. The zero-order valence-electron chi connectivity index (χ0n) is 14.7. The van der Waals surface area contributed by atoms with Gasteiger partial charge in [0.1, 0.15) is 11.0 Å². The summed E-state index contributed by atoms with van der Waals surface area (Å²) in [5.41, 5.74) is 0.937. The number of rotatable bonds is 7. The number of aromatic nitrogens is 2. The van der Waals surface area contributed by atoms with Gasteiger partial charge in [-0.15, -0.1) is 10.2 Å². The minimum absolute atomic E-state index is 0.0294. The first-order valence-electron chi connectivity index (χ1n) is 8.68. The topological polar surface area (TPSA) is 84.0 Å². The van der Waals surface area contributed by atoms with Gasteiger partial charge in [0.05, 0.1) is 0 Å². The molecule has 0 bridgehead atoms. The van der Waals surface area contributed by atoms with Crippen LogP contribution in [0.3, 0.4) is 0 Å². The maximum atomic E-state index is 12.7. The fraction of sp³-hybridized carbons (Fsp3) is 0.444. The SMILES string of the molecule is CCC(C)C(NC(=O)C1CC1)C(=O)Nc1nnc(-c2ccc(Br)cc2)s1. The fourth-order valence-corrected chi connectivity index (χ4v) is 3.50. The highest BCUT2D eigenvalue weighted by Gasteiger charge is 2.34. The van der Waals surface area contributed by atoms with Crippen molar-refractivity contribution < 1.29 is 9.59 Å². The molecule has 0 aliphatic heterocycles. The molecule has 6 nitrogen and oxygen atoms in total. The van der Waals surface area contributed by atoms with Gasteiger partial charge in [-0.2, -0.15) is 0 Å². The summed E-state index contributed by atoms with van der Waals surface area (Å²) in [7, 11) is 0. The maximum absolute atomic E-state index is 12.7. The first kappa shape index (κ1) is 19.0. The molecule has 1 aromatic heterocycles. The fourth-order valence-electron chi connectivity index (χ4n) is 2.48. The Kier molecular flexibility index (Phi) is 6.03. The van der Waals surface area contributed by atoms with E-state index in [2.05, 4.69) is 36.8 Å². The van der Waals surface area contributed by atoms with Crippen molar-refractivity contribution in [3.8, 4) is 10.6 Å². The quantitative estimate of drug-likeness (QED) is 0.690. The highest BCUT2D eigenvalue weighted by atomic mass is 79.9. The molecule has 1 fully saturated rings. The highest BCUT2D eigenvalue weighted by molar-refractivity contribution is 9.10. The van der Waals surface area contributed by atoms with Crippen LogP contribution in [0.25, 0.3) is 10.6 Å². The molecular formula is C18H21BrN4O2S. The number of anilines is 1. The molecule has 1 saturated carbocycles. The second kappa shape index (κ2) is 8.26. The Morgan fingerprint density at radius 3 is 2.58 bits per heavy atom. The Hall–Kier alpha value is -1.80. The average molecular weight is 437 g/mol. The predicted molar refractivity (Wildman–Crippen MR) is 106 cm³/mol. The van der Waals surface area contributed by atoms with E-state index in [9.17, 15) is 9.59 Å². The zero-order chi connectivity index (χ0) is 18.7. The van der Waals surface area contributed by atoms with E-state index in [1.165, 1.54) is 11.3 Å². The van der Waals surface area contributed by atoms with E-state index in [0.717, 1.165) is 34.3 Å². The Balaban J connectivity index is 1.68. The van der Waals surface area contributed by atoms with Crippen molar-refractivity contribution in [2.75, 3.05) is 5.32 Å². The molecule has 1 aliphatic carbocycles. The lowest BCUT2D eigenvalue weighted by Gasteiger charge is -2.22. The summed E-state index contributed by atoms with van der Waals surface area (Å²) < 4.78 is 0.988. The molecule has 0 spiro atoms. The van der Waals surface area contributed by atoms with Gasteiger partial charge in [0.25, 0.3) is 0 Å². The van der Waals surface area contributed by atoms with Gasteiger partial charge in [-0.3, -0.25) is 14.9 Å². The van der Waals surface area contributed by atoms with E-state index in [1.807, 2.05) is 38.1 Å². The number of nitrogens with one attached hydrogen (secondary N) is 2. The van der Waals surface area contributed by atoms with Crippen molar-refractivity contribution in [2.24, 2.45) is 11.8 Å². The third-order valence-corrected chi connectivity index (χ3v) is 5.90. The van der Waals surface area contributed by atoms with Gasteiger partial charge < -0.3 is 5.32 Å². The molecule has 2 aromatic rings. The lowest BCUT2D eigenvalue weighted by Crippen LogP contribution is -2.48. The maximum Gasteiger partial charge on any atom is 0.249 e. The van der Waals surface area contributed by atoms with Crippen molar-refractivity contribution in [1.82, 2.24) is 15.5 Å². The minimum atomic E-state index is -0.562. The zero-order valence-corrected chi connectivity index (χ0v) is 17.1. The normalized spacial score (nSPS) is 16.0.